The zero-order valence-corrected chi connectivity index (χ0v) is 25.3. The fourth-order valence-corrected chi connectivity index (χ4v) is 5.30. The molecule has 3 heterocycles. The highest BCUT2D eigenvalue weighted by Crippen LogP contribution is 2.26. The van der Waals surface area contributed by atoms with E-state index in [2.05, 4.69) is 15.2 Å². The lowest BCUT2D eigenvalue weighted by Crippen LogP contribution is -2.56. The standard InChI is InChI=1S/C31H45N5O5/c1-21(2)18-23(29(38)36-13-9-11-24(36)30(39)35-16-14-34(6)15-17-35)33-28(37)22-10-7-8-12-25(22)40-20-27-32-19-26(41-27)31(3,4)5/h7-8,10,12,19,21,23-24H,9,11,13-18,20H2,1-6H3,(H,33,37). The van der Waals surface area contributed by atoms with Gasteiger partial charge in [0, 0.05) is 38.1 Å². The number of ether oxygens (including phenoxy) is 1. The summed E-state index contributed by atoms with van der Waals surface area (Å²) in [7, 11) is 2.05. The van der Waals surface area contributed by atoms with E-state index in [1.165, 1.54) is 0 Å². The van der Waals surface area contributed by atoms with Gasteiger partial charge in [-0.05, 0) is 44.4 Å². The van der Waals surface area contributed by atoms with Gasteiger partial charge in [0.05, 0.1) is 11.8 Å². The van der Waals surface area contributed by atoms with Crippen LogP contribution in [0, 0.1) is 5.92 Å². The van der Waals surface area contributed by atoms with Crippen LogP contribution >= 0.6 is 0 Å². The summed E-state index contributed by atoms with van der Waals surface area (Å²) < 4.78 is 11.8. The van der Waals surface area contributed by atoms with Crippen molar-refractivity contribution in [1.29, 1.82) is 0 Å². The summed E-state index contributed by atoms with van der Waals surface area (Å²) in [6, 6.07) is 5.71. The molecule has 1 aromatic carbocycles. The summed E-state index contributed by atoms with van der Waals surface area (Å²) in [6.07, 6.45) is 3.57. The zero-order chi connectivity index (χ0) is 29.7. The third kappa shape index (κ3) is 7.67. The quantitative estimate of drug-likeness (QED) is 0.494. The fourth-order valence-electron chi connectivity index (χ4n) is 5.30. The average molecular weight is 568 g/mol. The Morgan fingerprint density at radius 1 is 1.10 bits per heavy atom. The van der Waals surface area contributed by atoms with Gasteiger partial charge in [-0.1, -0.05) is 46.8 Å². The third-order valence-electron chi connectivity index (χ3n) is 7.72. The second kappa shape index (κ2) is 13.1. The molecule has 2 saturated heterocycles. The van der Waals surface area contributed by atoms with Gasteiger partial charge in [-0.15, -0.1) is 0 Å². The fraction of sp³-hybridized carbons (Fsp3) is 0.613. The van der Waals surface area contributed by atoms with Crippen molar-refractivity contribution < 1.29 is 23.5 Å². The second-order valence-corrected chi connectivity index (χ2v) is 12.6. The Labute approximate surface area is 243 Å². The monoisotopic (exact) mass is 567 g/mol. The Hall–Kier alpha value is -3.40. The number of hydrogen-bond acceptors (Lipinski definition) is 7. The van der Waals surface area contributed by atoms with Crippen LogP contribution in [0.25, 0.3) is 0 Å². The number of piperazine rings is 1. The van der Waals surface area contributed by atoms with Gasteiger partial charge in [0.1, 0.15) is 23.6 Å². The Morgan fingerprint density at radius 2 is 1.80 bits per heavy atom. The van der Waals surface area contributed by atoms with Crippen LogP contribution in [0.2, 0.25) is 0 Å². The lowest BCUT2D eigenvalue weighted by atomic mass is 9.94. The normalized spacial score (nSPS) is 19.0. The molecule has 2 fully saturated rings. The van der Waals surface area contributed by atoms with Gasteiger partial charge in [-0.3, -0.25) is 14.4 Å². The Bertz CT molecular complexity index is 1210. The molecule has 3 amide bonds. The zero-order valence-electron chi connectivity index (χ0n) is 25.3. The smallest absolute Gasteiger partial charge is 0.255 e. The van der Waals surface area contributed by atoms with E-state index in [0.29, 0.717) is 49.7 Å². The number of carbonyl (C=O) groups excluding carboxylic acids is 3. The number of rotatable bonds is 9. The van der Waals surface area contributed by atoms with E-state index in [1.54, 1.807) is 35.4 Å². The van der Waals surface area contributed by atoms with Crippen molar-refractivity contribution in [2.45, 2.75) is 78.0 Å². The minimum atomic E-state index is -0.752. The molecule has 10 heteroatoms. The number of aromatic nitrogens is 1. The maximum atomic E-state index is 13.9. The molecule has 0 bridgehead atoms. The molecule has 0 radical (unpaired) electrons. The Balaban J connectivity index is 1.45. The van der Waals surface area contributed by atoms with Gasteiger partial charge >= 0.3 is 0 Å². The van der Waals surface area contributed by atoms with Crippen molar-refractivity contribution in [3.05, 3.63) is 47.7 Å². The highest BCUT2D eigenvalue weighted by Gasteiger charge is 2.40. The van der Waals surface area contributed by atoms with Crippen LogP contribution in [-0.4, -0.2) is 89.3 Å². The molecule has 0 aliphatic carbocycles. The number of nitrogens with zero attached hydrogens (tertiary/aromatic N) is 4. The maximum Gasteiger partial charge on any atom is 0.255 e. The van der Waals surface area contributed by atoms with Crippen LogP contribution < -0.4 is 10.1 Å². The van der Waals surface area contributed by atoms with Crippen molar-refractivity contribution in [3.63, 3.8) is 0 Å². The number of carbonyl (C=O) groups is 3. The van der Waals surface area contributed by atoms with Crippen molar-refractivity contribution in [3.8, 4) is 5.75 Å². The van der Waals surface area contributed by atoms with Gasteiger partial charge in [0.25, 0.3) is 5.91 Å². The number of oxazole rings is 1. The molecule has 4 rings (SSSR count). The van der Waals surface area contributed by atoms with Crippen LogP contribution in [0.15, 0.2) is 34.9 Å². The second-order valence-electron chi connectivity index (χ2n) is 12.6. The largest absolute Gasteiger partial charge is 0.483 e. The first-order chi connectivity index (χ1) is 19.4. The molecule has 0 spiro atoms. The highest BCUT2D eigenvalue weighted by molar-refractivity contribution is 6.00. The van der Waals surface area contributed by atoms with Crippen LogP contribution in [0.5, 0.6) is 5.75 Å². The molecule has 41 heavy (non-hydrogen) atoms. The summed E-state index contributed by atoms with van der Waals surface area (Å²) in [5.74, 6) is 1.12. The molecule has 1 N–H and O–H groups in total. The van der Waals surface area contributed by atoms with Gasteiger partial charge < -0.3 is 29.2 Å². The molecule has 2 aliphatic rings. The molecule has 2 aliphatic heterocycles. The highest BCUT2D eigenvalue weighted by atomic mass is 16.5. The lowest BCUT2D eigenvalue weighted by Gasteiger charge is -2.36. The van der Waals surface area contributed by atoms with E-state index in [-0.39, 0.29) is 29.8 Å². The predicted octanol–water partition coefficient (Wildman–Crippen LogP) is 3.46. The van der Waals surface area contributed by atoms with Crippen molar-refractivity contribution in [2.24, 2.45) is 5.92 Å². The van der Waals surface area contributed by atoms with E-state index in [4.69, 9.17) is 9.15 Å². The van der Waals surface area contributed by atoms with Crippen LogP contribution in [0.3, 0.4) is 0 Å². The first-order valence-electron chi connectivity index (χ1n) is 14.7. The first kappa shape index (κ1) is 30.6. The van der Waals surface area contributed by atoms with Gasteiger partial charge in [0.2, 0.25) is 17.7 Å². The number of para-hydroxylation sites is 1. The molecule has 0 saturated carbocycles. The van der Waals surface area contributed by atoms with Gasteiger partial charge in [0.15, 0.2) is 6.61 Å². The number of amides is 3. The molecule has 1 aromatic heterocycles. The summed E-state index contributed by atoms with van der Waals surface area (Å²) in [5, 5.41) is 2.97. The molecule has 2 unspecified atom stereocenters. The van der Waals surface area contributed by atoms with Gasteiger partial charge in [-0.25, -0.2) is 4.98 Å². The number of likely N-dealkylation sites (tertiary alicyclic amines) is 1. The van der Waals surface area contributed by atoms with Crippen molar-refractivity contribution in [2.75, 3.05) is 39.8 Å². The molecule has 10 nitrogen and oxygen atoms in total. The summed E-state index contributed by atoms with van der Waals surface area (Å²) in [5.41, 5.74) is 0.146. The van der Waals surface area contributed by atoms with E-state index in [9.17, 15) is 14.4 Å². The van der Waals surface area contributed by atoms with Crippen LogP contribution in [0.1, 0.15) is 75.9 Å². The number of benzene rings is 1. The van der Waals surface area contributed by atoms with E-state index >= 15 is 0 Å². The topological polar surface area (TPSA) is 108 Å². The van der Waals surface area contributed by atoms with Crippen molar-refractivity contribution in [1.82, 2.24) is 25.0 Å². The summed E-state index contributed by atoms with van der Waals surface area (Å²) in [6.45, 7) is 13.7. The maximum absolute atomic E-state index is 13.9. The number of nitrogens with one attached hydrogen (secondary N) is 1. The summed E-state index contributed by atoms with van der Waals surface area (Å²) in [4.78, 5) is 50.9. The predicted molar refractivity (Wildman–Crippen MR) is 155 cm³/mol. The minimum absolute atomic E-state index is 0.0125. The third-order valence-corrected chi connectivity index (χ3v) is 7.72. The Kier molecular flexibility index (Phi) is 9.73. The SMILES string of the molecule is CC(C)CC(NC(=O)c1ccccc1OCc1ncc(C(C)(C)C)o1)C(=O)N1CCCC1C(=O)N1CCN(C)CC1. The molecule has 2 aromatic rings. The lowest BCUT2D eigenvalue weighted by molar-refractivity contribution is -0.145. The van der Waals surface area contributed by atoms with E-state index < -0.39 is 18.0 Å². The minimum Gasteiger partial charge on any atom is -0.483 e. The molecular formula is C31H45N5O5. The van der Waals surface area contributed by atoms with E-state index in [0.717, 1.165) is 25.3 Å². The molecular weight excluding hydrogens is 522 g/mol. The van der Waals surface area contributed by atoms with Gasteiger partial charge in [-0.2, -0.15) is 0 Å². The number of hydrogen-bond donors (Lipinski definition) is 1. The molecule has 224 valence electrons. The first-order valence-corrected chi connectivity index (χ1v) is 14.7. The average Bonchev–Trinajstić information content (AvgIpc) is 3.61. The Morgan fingerprint density at radius 3 is 2.46 bits per heavy atom. The number of likely N-dealkylation sites (N-methyl/N-ethyl adjacent to an activating group) is 1. The molecule has 2 atom stereocenters. The van der Waals surface area contributed by atoms with Crippen LogP contribution in [-0.2, 0) is 21.6 Å². The van der Waals surface area contributed by atoms with Crippen LogP contribution in [0.4, 0.5) is 0 Å². The summed E-state index contributed by atoms with van der Waals surface area (Å²) >= 11 is 0. The van der Waals surface area contributed by atoms with E-state index in [1.807, 2.05) is 46.6 Å². The van der Waals surface area contributed by atoms with Crippen molar-refractivity contribution >= 4 is 17.7 Å².